The number of aliphatic hydroxyl groups is 1. The lowest BCUT2D eigenvalue weighted by Gasteiger charge is -2.43. The summed E-state index contributed by atoms with van der Waals surface area (Å²) in [5.41, 5.74) is 0.383. The Morgan fingerprint density at radius 1 is 1.21 bits per heavy atom. The summed E-state index contributed by atoms with van der Waals surface area (Å²) >= 11 is 0. The van der Waals surface area contributed by atoms with Crippen LogP contribution >= 0.6 is 0 Å². The summed E-state index contributed by atoms with van der Waals surface area (Å²) < 4.78 is 0. The maximum absolute atomic E-state index is 9.91. The molecular formula is C16H32N2O. The van der Waals surface area contributed by atoms with Gasteiger partial charge in [0.25, 0.3) is 0 Å². The molecular weight excluding hydrogens is 236 g/mol. The molecule has 0 aromatic carbocycles. The molecule has 2 heterocycles. The van der Waals surface area contributed by atoms with Crippen LogP contribution in [0.15, 0.2) is 0 Å². The molecule has 0 spiro atoms. The molecule has 0 aromatic heterocycles. The monoisotopic (exact) mass is 268 g/mol. The molecule has 2 saturated heterocycles. The second-order valence-electron chi connectivity index (χ2n) is 7.02. The fraction of sp³-hybridized carbons (Fsp3) is 1.00. The zero-order valence-corrected chi connectivity index (χ0v) is 13.0. The Balaban J connectivity index is 1.97. The van der Waals surface area contributed by atoms with Crippen LogP contribution in [0.2, 0.25) is 0 Å². The van der Waals surface area contributed by atoms with Crippen LogP contribution in [-0.2, 0) is 0 Å². The normalized spacial score (nSPS) is 34.4. The molecule has 2 aliphatic rings. The quantitative estimate of drug-likeness (QED) is 0.744. The van der Waals surface area contributed by atoms with Gasteiger partial charge < -0.3 is 10.4 Å². The maximum atomic E-state index is 9.91. The third-order valence-electron chi connectivity index (χ3n) is 5.08. The van der Waals surface area contributed by atoms with Crippen LogP contribution in [0.25, 0.3) is 0 Å². The minimum atomic E-state index is -0.0417. The van der Waals surface area contributed by atoms with Gasteiger partial charge in [-0.05, 0) is 44.1 Å². The summed E-state index contributed by atoms with van der Waals surface area (Å²) in [7, 11) is 0. The molecule has 2 fully saturated rings. The van der Waals surface area contributed by atoms with E-state index in [1.807, 2.05) is 0 Å². The predicted molar refractivity (Wildman–Crippen MR) is 80.3 cm³/mol. The van der Waals surface area contributed by atoms with Gasteiger partial charge in [0.15, 0.2) is 0 Å². The van der Waals surface area contributed by atoms with Crippen molar-refractivity contribution < 1.29 is 5.11 Å². The highest BCUT2D eigenvalue weighted by molar-refractivity contribution is 4.97. The van der Waals surface area contributed by atoms with E-state index in [1.165, 1.54) is 32.2 Å². The molecule has 2 rings (SSSR count). The van der Waals surface area contributed by atoms with Crippen LogP contribution in [0.1, 0.15) is 59.3 Å². The highest BCUT2D eigenvalue weighted by Gasteiger charge is 2.42. The molecule has 3 heteroatoms. The minimum Gasteiger partial charge on any atom is -0.393 e. The maximum Gasteiger partial charge on any atom is 0.0570 e. The van der Waals surface area contributed by atoms with Gasteiger partial charge in [-0.3, -0.25) is 4.90 Å². The van der Waals surface area contributed by atoms with Crippen molar-refractivity contribution in [1.29, 1.82) is 0 Å². The lowest BCUT2D eigenvalue weighted by molar-refractivity contribution is 0.0109. The number of nitrogens with zero attached hydrogens (tertiary/aromatic N) is 1. The SMILES string of the molecule is CCCC(C)(CNCC)CN1C2CCC1CC(O)C2. The van der Waals surface area contributed by atoms with Crippen molar-refractivity contribution >= 4 is 0 Å². The molecule has 3 atom stereocenters. The molecule has 2 N–H and O–H groups in total. The van der Waals surface area contributed by atoms with Crippen LogP contribution in [0.3, 0.4) is 0 Å². The number of hydrogen-bond acceptors (Lipinski definition) is 3. The summed E-state index contributed by atoms with van der Waals surface area (Å²) in [5, 5.41) is 13.5. The summed E-state index contributed by atoms with van der Waals surface area (Å²) in [5.74, 6) is 0. The number of piperidine rings is 1. The van der Waals surface area contributed by atoms with Gasteiger partial charge in [0.05, 0.1) is 6.10 Å². The van der Waals surface area contributed by atoms with Gasteiger partial charge in [-0.1, -0.05) is 27.2 Å². The third-order valence-corrected chi connectivity index (χ3v) is 5.08. The van der Waals surface area contributed by atoms with Gasteiger partial charge >= 0.3 is 0 Å². The van der Waals surface area contributed by atoms with Crippen molar-refractivity contribution in [3.63, 3.8) is 0 Å². The lowest BCUT2D eigenvalue weighted by atomic mass is 9.83. The van der Waals surface area contributed by atoms with E-state index in [-0.39, 0.29) is 6.10 Å². The van der Waals surface area contributed by atoms with Gasteiger partial charge in [-0.15, -0.1) is 0 Å². The van der Waals surface area contributed by atoms with Crippen LogP contribution < -0.4 is 5.32 Å². The second-order valence-corrected chi connectivity index (χ2v) is 7.02. The zero-order chi connectivity index (χ0) is 13.9. The Morgan fingerprint density at radius 2 is 1.84 bits per heavy atom. The van der Waals surface area contributed by atoms with Crippen molar-refractivity contribution in [2.45, 2.75) is 77.5 Å². The lowest BCUT2D eigenvalue weighted by Crippen LogP contribution is -2.51. The molecule has 2 bridgehead atoms. The largest absolute Gasteiger partial charge is 0.393 e. The van der Waals surface area contributed by atoms with Crippen LogP contribution in [0, 0.1) is 5.41 Å². The summed E-state index contributed by atoms with van der Waals surface area (Å²) in [6.07, 6.45) is 7.10. The number of nitrogens with one attached hydrogen (secondary N) is 1. The van der Waals surface area contributed by atoms with Crippen LogP contribution in [-0.4, -0.2) is 47.8 Å². The van der Waals surface area contributed by atoms with Crippen molar-refractivity contribution in [3.05, 3.63) is 0 Å². The van der Waals surface area contributed by atoms with E-state index in [4.69, 9.17) is 0 Å². The van der Waals surface area contributed by atoms with Gasteiger partial charge in [0, 0.05) is 25.2 Å². The van der Waals surface area contributed by atoms with E-state index in [1.54, 1.807) is 0 Å². The van der Waals surface area contributed by atoms with E-state index in [0.29, 0.717) is 17.5 Å². The first-order valence-corrected chi connectivity index (χ1v) is 8.22. The average Bonchev–Trinajstić information content (AvgIpc) is 2.60. The Hall–Kier alpha value is -0.120. The first-order valence-electron chi connectivity index (χ1n) is 8.22. The van der Waals surface area contributed by atoms with Crippen LogP contribution in [0.5, 0.6) is 0 Å². The Morgan fingerprint density at radius 3 is 2.37 bits per heavy atom. The van der Waals surface area contributed by atoms with E-state index < -0.39 is 0 Å². The smallest absolute Gasteiger partial charge is 0.0570 e. The molecule has 0 saturated carbocycles. The average molecular weight is 268 g/mol. The van der Waals surface area contributed by atoms with Crippen molar-refractivity contribution in [2.75, 3.05) is 19.6 Å². The first-order chi connectivity index (χ1) is 9.08. The summed E-state index contributed by atoms with van der Waals surface area (Å²) in [4.78, 5) is 2.72. The number of hydrogen-bond donors (Lipinski definition) is 2. The Kier molecular flexibility index (Phi) is 5.27. The molecule has 0 aromatic rings. The van der Waals surface area contributed by atoms with E-state index >= 15 is 0 Å². The van der Waals surface area contributed by atoms with Gasteiger partial charge in [0.1, 0.15) is 0 Å². The van der Waals surface area contributed by atoms with E-state index in [9.17, 15) is 5.11 Å². The molecule has 0 aliphatic carbocycles. The molecule has 3 nitrogen and oxygen atoms in total. The molecule has 19 heavy (non-hydrogen) atoms. The fourth-order valence-corrected chi connectivity index (χ4v) is 4.20. The summed E-state index contributed by atoms with van der Waals surface area (Å²) in [6.45, 7) is 10.3. The minimum absolute atomic E-state index is 0.0417. The van der Waals surface area contributed by atoms with E-state index in [2.05, 4.69) is 31.0 Å². The van der Waals surface area contributed by atoms with Crippen molar-refractivity contribution in [1.82, 2.24) is 10.2 Å². The van der Waals surface area contributed by atoms with Crippen molar-refractivity contribution in [3.8, 4) is 0 Å². The second kappa shape index (κ2) is 6.55. The van der Waals surface area contributed by atoms with Gasteiger partial charge in [0.2, 0.25) is 0 Å². The first kappa shape index (κ1) is 15.3. The standard InChI is InChI=1S/C16H32N2O/c1-4-8-16(3,11-17-5-2)12-18-13-6-7-14(18)10-15(19)9-13/h13-15,17,19H,4-12H2,1-3H3. The molecule has 2 aliphatic heterocycles. The van der Waals surface area contributed by atoms with Gasteiger partial charge in [-0.2, -0.15) is 0 Å². The van der Waals surface area contributed by atoms with Crippen LogP contribution in [0.4, 0.5) is 0 Å². The molecule has 0 amide bonds. The molecule has 112 valence electrons. The number of aliphatic hydroxyl groups excluding tert-OH is 1. The molecule has 0 radical (unpaired) electrons. The Bertz CT molecular complexity index is 270. The fourth-order valence-electron chi connectivity index (χ4n) is 4.20. The third kappa shape index (κ3) is 3.71. The Labute approximate surface area is 118 Å². The van der Waals surface area contributed by atoms with E-state index in [0.717, 1.165) is 25.9 Å². The van der Waals surface area contributed by atoms with Gasteiger partial charge in [-0.25, -0.2) is 0 Å². The molecule has 3 unspecified atom stereocenters. The highest BCUT2D eigenvalue weighted by Crippen LogP contribution is 2.38. The predicted octanol–water partition coefficient (Wildman–Crippen LogP) is 2.39. The number of fused-ring (bicyclic) bond motifs is 2. The highest BCUT2D eigenvalue weighted by atomic mass is 16.3. The summed E-state index contributed by atoms with van der Waals surface area (Å²) in [6, 6.07) is 1.29. The topological polar surface area (TPSA) is 35.5 Å². The number of rotatable bonds is 7. The zero-order valence-electron chi connectivity index (χ0n) is 13.0. The van der Waals surface area contributed by atoms with Crippen molar-refractivity contribution in [2.24, 2.45) is 5.41 Å².